The monoisotopic (exact) mass is 917 g/mol. The third-order valence-corrected chi connectivity index (χ3v) is 11.3. The molecule has 0 aliphatic heterocycles. The number of unbranched alkanes of at least 4 members (excludes halogenated alkanes) is 21. The number of hydrogen-bond donors (Lipinski definition) is 0. The molecule has 0 aliphatic rings. The van der Waals surface area contributed by atoms with Gasteiger partial charge in [0.15, 0.2) is 6.10 Å². The lowest BCUT2D eigenvalue weighted by Crippen LogP contribution is -2.30. The summed E-state index contributed by atoms with van der Waals surface area (Å²) >= 11 is 0. The Morgan fingerprint density at radius 2 is 0.561 bits per heavy atom. The molecule has 0 heterocycles. The van der Waals surface area contributed by atoms with E-state index < -0.39 is 6.10 Å². The van der Waals surface area contributed by atoms with Crippen molar-refractivity contribution in [3.63, 3.8) is 0 Å². The van der Waals surface area contributed by atoms with Crippen LogP contribution < -0.4 is 0 Å². The number of carbonyl (C=O) groups is 3. The fourth-order valence-electron chi connectivity index (χ4n) is 7.12. The lowest BCUT2D eigenvalue weighted by molar-refractivity contribution is -0.167. The van der Waals surface area contributed by atoms with Gasteiger partial charge >= 0.3 is 17.9 Å². The summed E-state index contributed by atoms with van der Waals surface area (Å²) in [6.07, 6.45) is 71.0. The minimum Gasteiger partial charge on any atom is -0.462 e. The van der Waals surface area contributed by atoms with Crippen molar-refractivity contribution in [1.82, 2.24) is 0 Å². The molecule has 0 N–H and O–H groups in total. The van der Waals surface area contributed by atoms with Gasteiger partial charge in [0.2, 0.25) is 0 Å². The van der Waals surface area contributed by atoms with E-state index in [2.05, 4.69) is 118 Å². The fraction of sp³-hybridized carbons (Fsp3) is 0.683. The van der Waals surface area contributed by atoms with Crippen molar-refractivity contribution >= 4 is 17.9 Å². The molecule has 6 heteroatoms. The van der Waals surface area contributed by atoms with Crippen molar-refractivity contribution < 1.29 is 28.6 Å². The second kappa shape index (κ2) is 53.9. The zero-order valence-electron chi connectivity index (χ0n) is 42.9. The molecule has 6 nitrogen and oxygen atoms in total. The maximum Gasteiger partial charge on any atom is 0.306 e. The zero-order chi connectivity index (χ0) is 47.9. The van der Waals surface area contributed by atoms with Gasteiger partial charge in [0.1, 0.15) is 13.2 Å². The normalized spacial score (nSPS) is 12.8. The van der Waals surface area contributed by atoms with Crippen LogP contribution in [0.2, 0.25) is 0 Å². The Kier molecular flexibility index (Phi) is 50.9. The van der Waals surface area contributed by atoms with Gasteiger partial charge in [0.05, 0.1) is 0 Å². The third kappa shape index (κ3) is 51.3. The van der Waals surface area contributed by atoms with Crippen molar-refractivity contribution in [3.05, 3.63) is 97.2 Å². The molecule has 0 aliphatic carbocycles. The van der Waals surface area contributed by atoms with E-state index in [4.69, 9.17) is 14.2 Å². The maximum atomic E-state index is 12.8. The predicted octanol–water partition coefficient (Wildman–Crippen LogP) is 18.1. The van der Waals surface area contributed by atoms with Gasteiger partial charge in [-0.05, 0) is 122 Å². The van der Waals surface area contributed by atoms with E-state index in [0.717, 1.165) is 135 Å². The molecule has 0 fully saturated rings. The molecule has 66 heavy (non-hydrogen) atoms. The van der Waals surface area contributed by atoms with Crippen LogP contribution in [0.5, 0.6) is 0 Å². The maximum absolute atomic E-state index is 12.8. The SMILES string of the molecule is CCCC/C=C\C/C=C\CCCCCCCC(=O)OC[C@H](COC(=O)CCCCCC/C=C\C/C=C\C/C=C\CCCCC)OC(=O)CCCCCC/C=C\C/C=C\C/C=C\CCCCC. The highest BCUT2D eigenvalue weighted by Gasteiger charge is 2.19. The van der Waals surface area contributed by atoms with Crippen LogP contribution in [0, 0.1) is 0 Å². The molecular weight excluding hydrogens is 817 g/mol. The Bertz CT molecular complexity index is 1330. The van der Waals surface area contributed by atoms with Crippen LogP contribution in [0.1, 0.15) is 245 Å². The van der Waals surface area contributed by atoms with Crippen molar-refractivity contribution in [2.24, 2.45) is 0 Å². The summed E-state index contributed by atoms with van der Waals surface area (Å²) in [6, 6.07) is 0. The van der Waals surface area contributed by atoms with Gasteiger partial charge in [-0.25, -0.2) is 0 Å². The number of ether oxygens (including phenoxy) is 3. The van der Waals surface area contributed by atoms with Crippen LogP contribution in [0.4, 0.5) is 0 Å². The molecule has 376 valence electrons. The molecule has 1 atom stereocenters. The lowest BCUT2D eigenvalue weighted by Gasteiger charge is -2.18. The molecule has 0 bridgehead atoms. The van der Waals surface area contributed by atoms with Crippen LogP contribution in [-0.2, 0) is 28.6 Å². The van der Waals surface area contributed by atoms with E-state index in [0.29, 0.717) is 19.3 Å². The van der Waals surface area contributed by atoms with E-state index in [1.165, 1.54) is 70.6 Å². The largest absolute Gasteiger partial charge is 0.462 e. The summed E-state index contributed by atoms with van der Waals surface area (Å²) < 4.78 is 16.8. The van der Waals surface area contributed by atoms with E-state index in [-0.39, 0.29) is 31.1 Å². The molecule has 0 aromatic heterocycles. The number of esters is 3. The molecule has 0 radical (unpaired) electrons. The first-order valence-corrected chi connectivity index (χ1v) is 27.2. The zero-order valence-corrected chi connectivity index (χ0v) is 42.9. The topological polar surface area (TPSA) is 78.9 Å². The van der Waals surface area contributed by atoms with Crippen molar-refractivity contribution in [2.75, 3.05) is 13.2 Å². The molecule has 0 unspecified atom stereocenters. The predicted molar refractivity (Wildman–Crippen MR) is 284 cm³/mol. The van der Waals surface area contributed by atoms with E-state index in [1.54, 1.807) is 0 Å². The summed E-state index contributed by atoms with van der Waals surface area (Å²) in [6.45, 7) is 6.49. The van der Waals surface area contributed by atoms with Crippen LogP contribution in [-0.4, -0.2) is 37.2 Å². The number of rotatable bonds is 48. The smallest absolute Gasteiger partial charge is 0.306 e. The molecular formula is C60H100O6. The average Bonchev–Trinajstić information content (AvgIpc) is 3.31. The van der Waals surface area contributed by atoms with Crippen LogP contribution >= 0.6 is 0 Å². The molecule has 0 saturated heterocycles. The van der Waals surface area contributed by atoms with Gasteiger partial charge in [-0.1, -0.05) is 201 Å². The first-order chi connectivity index (χ1) is 32.5. The average molecular weight is 917 g/mol. The van der Waals surface area contributed by atoms with Crippen LogP contribution in [0.3, 0.4) is 0 Å². The number of hydrogen-bond acceptors (Lipinski definition) is 6. The van der Waals surface area contributed by atoms with E-state index >= 15 is 0 Å². The molecule has 0 saturated carbocycles. The summed E-state index contributed by atoms with van der Waals surface area (Å²) in [7, 11) is 0. The Morgan fingerprint density at radius 3 is 0.894 bits per heavy atom. The highest BCUT2D eigenvalue weighted by Crippen LogP contribution is 2.13. The number of carbonyl (C=O) groups excluding carboxylic acids is 3. The van der Waals surface area contributed by atoms with Gasteiger partial charge < -0.3 is 14.2 Å². The van der Waals surface area contributed by atoms with E-state index in [9.17, 15) is 14.4 Å². The Balaban J connectivity index is 4.50. The molecule has 0 spiro atoms. The Hall–Kier alpha value is -3.67. The second-order valence-electron chi connectivity index (χ2n) is 17.8. The molecule has 0 aromatic rings. The molecule has 0 amide bonds. The van der Waals surface area contributed by atoms with Gasteiger partial charge in [0, 0.05) is 19.3 Å². The minimum atomic E-state index is -0.806. The summed E-state index contributed by atoms with van der Waals surface area (Å²) in [5, 5.41) is 0. The highest BCUT2D eigenvalue weighted by molar-refractivity contribution is 5.71. The number of allylic oxidation sites excluding steroid dienone is 16. The first-order valence-electron chi connectivity index (χ1n) is 27.2. The van der Waals surface area contributed by atoms with Gasteiger partial charge in [-0.3, -0.25) is 14.4 Å². The summed E-state index contributed by atoms with van der Waals surface area (Å²) in [5.41, 5.74) is 0. The third-order valence-electron chi connectivity index (χ3n) is 11.3. The quantitative estimate of drug-likeness (QED) is 0.0262. The first kappa shape index (κ1) is 62.3. The standard InChI is InChI=1S/C60H100O6/c1-4-7-10-13-16-19-22-25-28-30-32-35-38-41-44-47-50-53-59(62)65-56-57(55-64-58(61)52-49-46-43-40-37-34-27-24-21-18-15-12-9-6-3)66-60(63)54-51-48-45-42-39-36-33-31-29-26-23-20-17-14-11-8-5-2/h15-20,24-29,32-33,35-36,57H,4-14,21-23,30-31,34,37-56H2,1-3H3/b18-15-,19-16-,20-17-,27-24-,28-25-,29-26-,35-32-,36-33-/t57-/m1/s1. The summed E-state index contributed by atoms with van der Waals surface area (Å²) in [4.78, 5) is 38.1. The van der Waals surface area contributed by atoms with Crippen molar-refractivity contribution in [3.8, 4) is 0 Å². The van der Waals surface area contributed by atoms with Gasteiger partial charge in [-0.15, -0.1) is 0 Å². The Morgan fingerprint density at radius 1 is 0.303 bits per heavy atom. The van der Waals surface area contributed by atoms with Crippen molar-refractivity contribution in [2.45, 2.75) is 252 Å². The van der Waals surface area contributed by atoms with Crippen molar-refractivity contribution in [1.29, 1.82) is 0 Å². The van der Waals surface area contributed by atoms with Crippen LogP contribution in [0.15, 0.2) is 97.2 Å². The highest BCUT2D eigenvalue weighted by atomic mass is 16.6. The minimum absolute atomic E-state index is 0.102. The van der Waals surface area contributed by atoms with E-state index in [1.807, 2.05) is 0 Å². The lowest BCUT2D eigenvalue weighted by atomic mass is 10.1. The molecule has 0 rings (SSSR count). The van der Waals surface area contributed by atoms with Gasteiger partial charge in [0.25, 0.3) is 0 Å². The molecule has 0 aromatic carbocycles. The Labute approximate surface area is 407 Å². The van der Waals surface area contributed by atoms with Gasteiger partial charge in [-0.2, -0.15) is 0 Å². The van der Waals surface area contributed by atoms with Crippen LogP contribution in [0.25, 0.3) is 0 Å². The summed E-state index contributed by atoms with van der Waals surface area (Å²) in [5.74, 6) is -0.960. The fourth-order valence-corrected chi connectivity index (χ4v) is 7.12. The second-order valence-corrected chi connectivity index (χ2v) is 17.8.